The van der Waals surface area contributed by atoms with Crippen molar-refractivity contribution in [3.8, 4) is 11.4 Å². The fraction of sp³-hybridized carbons (Fsp3) is 0.421. The predicted octanol–water partition coefficient (Wildman–Crippen LogP) is 2.83. The zero-order chi connectivity index (χ0) is 18.4. The van der Waals surface area contributed by atoms with Crippen molar-refractivity contribution in [1.82, 2.24) is 20.1 Å². The van der Waals surface area contributed by atoms with Crippen LogP contribution in [-0.2, 0) is 16.1 Å². The molecule has 1 aliphatic rings. The summed E-state index contributed by atoms with van der Waals surface area (Å²) in [6, 6.07) is 8.14. The number of nitrogens with zero attached hydrogens (tertiary/aromatic N) is 3. The fourth-order valence-electron chi connectivity index (χ4n) is 2.90. The number of carbonyl (C=O) groups is 1. The first kappa shape index (κ1) is 18.7. The van der Waals surface area contributed by atoms with E-state index < -0.39 is 0 Å². The summed E-state index contributed by atoms with van der Waals surface area (Å²) in [6.07, 6.45) is 4.05. The molecule has 1 fully saturated rings. The second-order valence-electron chi connectivity index (χ2n) is 6.30. The largest absolute Gasteiger partial charge is 0.376 e. The summed E-state index contributed by atoms with van der Waals surface area (Å²) in [7, 11) is 0. The third kappa shape index (κ3) is 4.74. The molecule has 2 heterocycles. The molecule has 1 N–H and O–H groups in total. The van der Waals surface area contributed by atoms with E-state index in [1.165, 1.54) is 17.3 Å². The molecule has 0 bridgehead atoms. The average Bonchev–Trinajstić information content (AvgIpc) is 3.28. The van der Waals surface area contributed by atoms with E-state index in [-0.39, 0.29) is 12.0 Å². The number of carbonyl (C=O) groups excluding carboxylic acids is 1. The molecule has 6 nitrogen and oxygen atoms in total. The van der Waals surface area contributed by atoms with Gasteiger partial charge in [-0.1, -0.05) is 41.6 Å². The second-order valence-corrected chi connectivity index (χ2v) is 7.25. The molecule has 2 aromatic rings. The lowest BCUT2D eigenvalue weighted by atomic mass is 10.1. The Hall–Kier alpha value is -2.12. The van der Waals surface area contributed by atoms with Gasteiger partial charge < -0.3 is 10.1 Å². The molecule has 0 aliphatic carbocycles. The molecule has 0 radical (unpaired) electrons. The van der Waals surface area contributed by atoms with Crippen molar-refractivity contribution >= 4 is 17.7 Å². The third-order valence-corrected chi connectivity index (χ3v) is 5.15. The van der Waals surface area contributed by atoms with Gasteiger partial charge in [-0.15, -0.1) is 16.8 Å². The number of aryl methyl sites for hydroxylation is 1. The highest BCUT2D eigenvalue weighted by Crippen LogP contribution is 2.24. The minimum atomic E-state index is -0.0178. The molecule has 0 saturated carbocycles. The van der Waals surface area contributed by atoms with E-state index in [1.54, 1.807) is 0 Å². The van der Waals surface area contributed by atoms with Crippen LogP contribution in [0.15, 0.2) is 42.1 Å². The molecule has 1 aromatic heterocycles. The highest BCUT2D eigenvalue weighted by Gasteiger charge is 2.18. The molecule has 0 spiro atoms. The van der Waals surface area contributed by atoms with E-state index >= 15 is 0 Å². The molecule has 1 aromatic carbocycles. The molecule has 1 aliphatic heterocycles. The lowest BCUT2D eigenvalue weighted by Crippen LogP contribution is -2.32. The molecule has 0 unspecified atom stereocenters. The predicted molar refractivity (Wildman–Crippen MR) is 103 cm³/mol. The van der Waals surface area contributed by atoms with Crippen LogP contribution in [0.3, 0.4) is 0 Å². The molecule has 1 saturated heterocycles. The van der Waals surface area contributed by atoms with Crippen molar-refractivity contribution in [2.45, 2.75) is 37.6 Å². The van der Waals surface area contributed by atoms with E-state index in [9.17, 15) is 4.79 Å². The molecule has 3 rings (SSSR count). The number of hydrogen-bond donors (Lipinski definition) is 1. The number of rotatable bonds is 8. The van der Waals surface area contributed by atoms with Crippen LogP contribution < -0.4 is 5.32 Å². The Labute approximate surface area is 158 Å². The summed E-state index contributed by atoms with van der Waals surface area (Å²) in [5.74, 6) is 1.07. The van der Waals surface area contributed by atoms with Gasteiger partial charge in [-0.25, -0.2) is 0 Å². The topological polar surface area (TPSA) is 69.0 Å². The fourth-order valence-corrected chi connectivity index (χ4v) is 3.68. The number of benzene rings is 1. The van der Waals surface area contributed by atoms with E-state index in [0.29, 0.717) is 24.0 Å². The Balaban J connectivity index is 1.63. The lowest BCUT2D eigenvalue weighted by Gasteiger charge is -2.11. The van der Waals surface area contributed by atoms with Gasteiger partial charge in [0.05, 0.1) is 11.9 Å². The quantitative estimate of drug-likeness (QED) is 0.570. The number of hydrogen-bond acceptors (Lipinski definition) is 5. The van der Waals surface area contributed by atoms with Gasteiger partial charge in [-0.3, -0.25) is 9.36 Å². The number of nitrogens with one attached hydrogen (secondary N) is 1. The van der Waals surface area contributed by atoms with Crippen LogP contribution in [0, 0.1) is 6.92 Å². The van der Waals surface area contributed by atoms with Gasteiger partial charge in [-0.2, -0.15) is 0 Å². The van der Waals surface area contributed by atoms with Gasteiger partial charge in [0.2, 0.25) is 5.91 Å². The van der Waals surface area contributed by atoms with Crippen LogP contribution >= 0.6 is 11.8 Å². The monoisotopic (exact) mass is 372 g/mol. The maximum absolute atomic E-state index is 12.1. The summed E-state index contributed by atoms with van der Waals surface area (Å²) in [6.45, 7) is 7.83. The summed E-state index contributed by atoms with van der Waals surface area (Å²) in [5, 5.41) is 12.2. The highest BCUT2D eigenvalue weighted by atomic mass is 32.2. The Bertz CT molecular complexity index is 769. The average molecular weight is 372 g/mol. The summed E-state index contributed by atoms with van der Waals surface area (Å²) >= 11 is 1.39. The van der Waals surface area contributed by atoms with Crippen molar-refractivity contribution in [2.24, 2.45) is 0 Å². The number of thioether (sulfide) groups is 1. The van der Waals surface area contributed by atoms with Crippen molar-refractivity contribution < 1.29 is 9.53 Å². The number of aromatic nitrogens is 3. The highest BCUT2D eigenvalue weighted by molar-refractivity contribution is 7.99. The minimum absolute atomic E-state index is 0.0178. The van der Waals surface area contributed by atoms with Crippen LogP contribution in [0.2, 0.25) is 0 Å². The zero-order valence-corrected chi connectivity index (χ0v) is 15.8. The third-order valence-electron chi connectivity index (χ3n) is 4.19. The first-order valence-corrected chi connectivity index (χ1v) is 9.78. The van der Waals surface area contributed by atoms with E-state index in [1.807, 2.05) is 35.8 Å². The van der Waals surface area contributed by atoms with E-state index in [4.69, 9.17) is 4.74 Å². The maximum atomic E-state index is 12.1. The first-order valence-electron chi connectivity index (χ1n) is 8.79. The van der Waals surface area contributed by atoms with Crippen molar-refractivity contribution in [1.29, 1.82) is 0 Å². The van der Waals surface area contributed by atoms with Gasteiger partial charge >= 0.3 is 0 Å². The normalized spacial score (nSPS) is 16.6. The smallest absolute Gasteiger partial charge is 0.230 e. The summed E-state index contributed by atoms with van der Waals surface area (Å²) in [5.41, 5.74) is 2.17. The number of allylic oxidation sites excluding steroid dienone is 1. The molecule has 1 amide bonds. The lowest BCUT2D eigenvalue weighted by molar-refractivity contribution is -0.119. The SMILES string of the molecule is C=CCn1c(SCC(=O)NC[C@H]2CCCO2)nnc1-c1cccc(C)c1. The van der Waals surface area contributed by atoms with Gasteiger partial charge in [0, 0.05) is 25.3 Å². The first-order chi connectivity index (χ1) is 12.7. The Morgan fingerprint density at radius 3 is 3.12 bits per heavy atom. The van der Waals surface area contributed by atoms with E-state index in [0.717, 1.165) is 30.8 Å². The van der Waals surface area contributed by atoms with Crippen molar-refractivity contribution in [3.05, 3.63) is 42.5 Å². The Kier molecular flexibility index (Phi) is 6.46. The number of amides is 1. The maximum Gasteiger partial charge on any atom is 0.230 e. The molecule has 1 atom stereocenters. The number of ether oxygens (including phenoxy) is 1. The summed E-state index contributed by atoms with van der Waals surface area (Å²) in [4.78, 5) is 12.1. The van der Waals surface area contributed by atoms with Crippen LogP contribution in [0.5, 0.6) is 0 Å². The van der Waals surface area contributed by atoms with Gasteiger partial charge in [-0.05, 0) is 25.8 Å². The Morgan fingerprint density at radius 1 is 1.50 bits per heavy atom. The van der Waals surface area contributed by atoms with Crippen molar-refractivity contribution in [3.63, 3.8) is 0 Å². The van der Waals surface area contributed by atoms with Gasteiger partial charge in [0.15, 0.2) is 11.0 Å². The molecule has 26 heavy (non-hydrogen) atoms. The summed E-state index contributed by atoms with van der Waals surface area (Å²) < 4.78 is 7.51. The molecule has 7 heteroatoms. The van der Waals surface area contributed by atoms with Crippen molar-refractivity contribution in [2.75, 3.05) is 18.9 Å². The van der Waals surface area contributed by atoms with E-state index in [2.05, 4.69) is 28.2 Å². The van der Waals surface area contributed by atoms with Crippen LogP contribution in [0.1, 0.15) is 18.4 Å². The second kappa shape index (κ2) is 9.00. The van der Waals surface area contributed by atoms with Crippen LogP contribution in [-0.4, -0.2) is 45.7 Å². The van der Waals surface area contributed by atoms with Crippen LogP contribution in [0.25, 0.3) is 11.4 Å². The van der Waals surface area contributed by atoms with Crippen LogP contribution in [0.4, 0.5) is 0 Å². The minimum Gasteiger partial charge on any atom is -0.376 e. The standard InChI is InChI=1S/C19H24N4O2S/c1-3-9-23-18(15-7-4-6-14(2)11-15)21-22-19(23)26-13-17(24)20-12-16-8-5-10-25-16/h3-4,6-7,11,16H,1,5,8-10,12-13H2,2H3,(H,20,24)/t16-/m1/s1. The molecular formula is C19H24N4O2S. The molecule has 138 valence electrons. The van der Waals surface area contributed by atoms with Gasteiger partial charge in [0.1, 0.15) is 0 Å². The molecular weight excluding hydrogens is 348 g/mol. The Morgan fingerprint density at radius 2 is 2.38 bits per heavy atom. The van der Waals surface area contributed by atoms with Gasteiger partial charge in [0.25, 0.3) is 0 Å². The zero-order valence-electron chi connectivity index (χ0n) is 15.0.